The Morgan fingerprint density at radius 1 is 1.33 bits per heavy atom. The topological polar surface area (TPSA) is 59.8 Å². The number of nitrogens with zero attached hydrogens (tertiary/aromatic N) is 1. The Morgan fingerprint density at radius 2 is 2.06 bits per heavy atom. The Kier molecular flexibility index (Phi) is 3.32. The first kappa shape index (κ1) is 12.2. The molecule has 94 valence electrons. The quantitative estimate of drug-likeness (QED) is 0.614. The number of anilines is 1. The van der Waals surface area contributed by atoms with E-state index in [2.05, 4.69) is 4.74 Å². The predicted molar refractivity (Wildman–Crippen MR) is 66.3 cm³/mol. The molecule has 0 radical (unpaired) electrons. The molecule has 1 aromatic carbocycles. The molecule has 0 aliphatic heterocycles. The molecule has 2 aromatic rings. The molecule has 18 heavy (non-hydrogen) atoms. The first-order valence-electron chi connectivity index (χ1n) is 5.43. The highest BCUT2D eigenvalue weighted by Gasteiger charge is 2.18. The lowest BCUT2D eigenvalue weighted by molar-refractivity contribution is -0.143. The predicted octanol–water partition coefficient (Wildman–Crippen LogP) is 1.96. The number of fused-ring (bicyclic) bond motifs is 1. The normalized spacial score (nSPS) is 10.3. The molecule has 0 N–H and O–H groups in total. The van der Waals surface area contributed by atoms with Gasteiger partial charge in [-0.3, -0.25) is 9.59 Å². The van der Waals surface area contributed by atoms with Crippen molar-refractivity contribution in [1.82, 2.24) is 0 Å². The van der Waals surface area contributed by atoms with Gasteiger partial charge in [-0.25, -0.2) is 0 Å². The van der Waals surface area contributed by atoms with Crippen molar-refractivity contribution in [2.45, 2.75) is 6.42 Å². The highest BCUT2D eigenvalue weighted by molar-refractivity contribution is 6.07. The summed E-state index contributed by atoms with van der Waals surface area (Å²) in [5.74, 6) is -0.895. The third-order valence-electron chi connectivity index (χ3n) is 2.72. The van der Waals surface area contributed by atoms with E-state index in [9.17, 15) is 9.59 Å². The van der Waals surface area contributed by atoms with Crippen LogP contribution in [0.2, 0.25) is 0 Å². The minimum absolute atomic E-state index is 0.285. The summed E-state index contributed by atoms with van der Waals surface area (Å²) >= 11 is 0. The number of hydrogen-bond donors (Lipinski definition) is 0. The highest BCUT2D eigenvalue weighted by atomic mass is 16.5. The first-order chi connectivity index (χ1) is 8.63. The van der Waals surface area contributed by atoms with Crippen LogP contribution in [0.1, 0.15) is 6.42 Å². The average molecular weight is 247 g/mol. The minimum Gasteiger partial charge on any atom is -0.469 e. The molecule has 0 saturated heterocycles. The Labute approximate surface area is 104 Å². The SMILES string of the molecule is COC(=O)CC(=O)N(C)c1coc2ccccc12. The van der Waals surface area contributed by atoms with E-state index < -0.39 is 5.97 Å². The second kappa shape index (κ2) is 4.91. The molecule has 0 atom stereocenters. The van der Waals surface area contributed by atoms with Gasteiger partial charge in [0.15, 0.2) is 0 Å². The minimum atomic E-state index is -0.556. The van der Waals surface area contributed by atoms with Gasteiger partial charge in [0.2, 0.25) is 5.91 Å². The molecule has 5 heteroatoms. The Morgan fingerprint density at radius 3 is 2.78 bits per heavy atom. The number of para-hydroxylation sites is 1. The van der Waals surface area contributed by atoms with E-state index in [-0.39, 0.29) is 12.3 Å². The standard InChI is InChI=1S/C13H13NO4/c1-14(12(15)7-13(16)17-2)10-8-18-11-6-4-3-5-9(10)11/h3-6,8H,7H2,1-2H3. The van der Waals surface area contributed by atoms with E-state index in [0.717, 1.165) is 5.39 Å². The second-order valence-electron chi connectivity index (χ2n) is 3.82. The zero-order valence-corrected chi connectivity index (χ0v) is 10.2. The molecule has 0 aliphatic carbocycles. The summed E-state index contributed by atoms with van der Waals surface area (Å²) in [6.45, 7) is 0. The van der Waals surface area contributed by atoms with Gasteiger partial charge >= 0.3 is 5.97 Å². The largest absolute Gasteiger partial charge is 0.469 e. The van der Waals surface area contributed by atoms with E-state index in [4.69, 9.17) is 4.42 Å². The number of furan rings is 1. The molecule has 0 fully saturated rings. The fourth-order valence-corrected chi connectivity index (χ4v) is 1.67. The van der Waals surface area contributed by atoms with Crippen molar-refractivity contribution in [2.75, 3.05) is 19.1 Å². The van der Waals surface area contributed by atoms with Crippen LogP contribution in [-0.4, -0.2) is 26.0 Å². The zero-order valence-electron chi connectivity index (χ0n) is 10.2. The summed E-state index contributed by atoms with van der Waals surface area (Å²) in [6, 6.07) is 7.39. The van der Waals surface area contributed by atoms with Crippen molar-refractivity contribution < 1.29 is 18.7 Å². The number of carbonyl (C=O) groups excluding carboxylic acids is 2. The van der Waals surface area contributed by atoms with Gasteiger partial charge < -0.3 is 14.1 Å². The first-order valence-corrected chi connectivity index (χ1v) is 5.43. The van der Waals surface area contributed by atoms with Crippen molar-refractivity contribution in [2.24, 2.45) is 0 Å². The number of amides is 1. The lowest BCUT2D eigenvalue weighted by Gasteiger charge is -2.14. The van der Waals surface area contributed by atoms with Gasteiger partial charge in [0, 0.05) is 12.4 Å². The highest BCUT2D eigenvalue weighted by Crippen LogP contribution is 2.28. The van der Waals surface area contributed by atoms with Gasteiger partial charge in [0.1, 0.15) is 18.3 Å². The fourth-order valence-electron chi connectivity index (χ4n) is 1.67. The van der Waals surface area contributed by atoms with Crippen LogP contribution >= 0.6 is 0 Å². The van der Waals surface area contributed by atoms with Crippen LogP contribution < -0.4 is 4.90 Å². The van der Waals surface area contributed by atoms with E-state index in [0.29, 0.717) is 11.3 Å². The Bertz CT molecular complexity index is 587. The van der Waals surface area contributed by atoms with E-state index in [1.807, 2.05) is 24.3 Å². The maximum absolute atomic E-state index is 11.8. The Balaban J connectivity index is 2.25. The van der Waals surface area contributed by atoms with Crippen molar-refractivity contribution in [1.29, 1.82) is 0 Å². The molecule has 0 spiro atoms. The molecule has 5 nitrogen and oxygen atoms in total. The third-order valence-corrected chi connectivity index (χ3v) is 2.72. The van der Waals surface area contributed by atoms with Crippen LogP contribution in [0, 0.1) is 0 Å². The van der Waals surface area contributed by atoms with Crippen LogP contribution in [-0.2, 0) is 14.3 Å². The fraction of sp³-hybridized carbons (Fsp3) is 0.231. The van der Waals surface area contributed by atoms with Crippen molar-refractivity contribution >= 4 is 28.5 Å². The third kappa shape index (κ3) is 2.20. The summed E-state index contributed by atoms with van der Waals surface area (Å²) in [6.07, 6.45) is 1.21. The smallest absolute Gasteiger partial charge is 0.315 e. The molecule has 0 bridgehead atoms. The van der Waals surface area contributed by atoms with E-state index >= 15 is 0 Å². The number of rotatable bonds is 3. The number of carbonyl (C=O) groups is 2. The van der Waals surface area contributed by atoms with Crippen LogP contribution in [0.3, 0.4) is 0 Å². The van der Waals surface area contributed by atoms with Gasteiger partial charge in [0.05, 0.1) is 12.8 Å². The molecule has 1 aromatic heterocycles. The van der Waals surface area contributed by atoms with Crippen molar-refractivity contribution in [3.63, 3.8) is 0 Å². The maximum atomic E-state index is 11.8. The van der Waals surface area contributed by atoms with Gasteiger partial charge in [-0.2, -0.15) is 0 Å². The summed E-state index contributed by atoms with van der Waals surface area (Å²) in [4.78, 5) is 24.3. The number of benzene rings is 1. The van der Waals surface area contributed by atoms with Crippen LogP contribution in [0.4, 0.5) is 5.69 Å². The molecule has 1 heterocycles. The maximum Gasteiger partial charge on any atom is 0.315 e. The number of ether oxygens (including phenoxy) is 1. The number of hydrogen-bond acceptors (Lipinski definition) is 4. The molecule has 1 amide bonds. The average Bonchev–Trinajstić information content (AvgIpc) is 2.81. The molecule has 0 unspecified atom stereocenters. The van der Waals surface area contributed by atoms with Gasteiger partial charge in [0.25, 0.3) is 0 Å². The zero-order chi connectivity index (χ0) is 13.1. The number of methoxy groups -OCH3 is 1. The lowest BCUT2D eigenvalue weighted by Crippen LogP contribution is -2.28. The summed E-state index contributed by atoms with van der Waals surface area (Å²) in [5, 5.41) is 0.832. The summed E-state index contributed by atoms with van der Waals surface area (Å²) in [7, 11) is 2.85. The van der Waals surface area contributed by atoms with Crippen LogP contribution in [0.25, 0.3) is 11.0 Å². The van der Waals surface area contributed by atoms with Crippen molar-refractivity contribution in [3.05, 3.63) is 30.5 Å². The van der Waals surface area contributed by atoms with Crippen molar-refractivity contribution in [3.8, 4) is 0 Å². The Hall–Kier alpha value is -2.30. The number of esters is 1. The molecular formula is C13H13NO4. The molecule has 0 aliphatic rings. The van der Waals surface area contributed by atoms with Gasteiger partial charge in [-0.15, -0.1) is 0 Å². The summed E-state index contributed by atoms with van der Waals surface area (Å²) in [5.41, 5.74) is 1.34. The van der Waals surface area contributed by atoms with Crippen LogP contribution in [0.5, 0.6) is 0 Å². The molecular weight excluding hydrogens is 234 g/mol. The monoisotopic (exact) mass is 247 g/mol. The van der Waals surface area contributed by atoms with Gasteiger partial charge in [-0.1, -0.05) is 12.1 Å². The second-order valence-corrected chi connectivity index (χ2v) is 3.82. The summed E-state index contributed by atoms with van der Waals surface area (Å²) < 4.78 is 9.81. The van der Waals surface area contributed by atoms with E-state index in [1.54, 1.807) is 7.05 Å². The van der Waals surface area contributed by atoms with Gasteiger partial charge in [-0.05, 0) is 12.1 Å². The van der Waals surface area contributed by atoms with Crippen LogP contribution in [0.15, 0.2) is 34.9 Å². The lowest BCUT2D eigenvalue weighted by atomic mass is 10.2. The van der Waals surface area contributed by atoms with E-state index in [1.165, 1.54) is 18.3 Å². The molecule has 2 rings (SSSR count). The molecule has 0 saturated carbocycles.